The minimum atomic E-state index is -0.919. The van der Waals surface area contributed by atoms with Crippen molar-refractivity contribution in [1.29, 1.82) is 0 Å². The highest BCUT2D eigenvalue weighted by atomic mass is 35.5. The quantitative estimate of drug-likeness (QED) is 0.319. The van der Waals surface area contributed by atoms with Crippen LogP contribution in [0.25, 0.3) is 0 Å². The number of nitrogens with one attached hydrogen (secondary N) is 2. The lowest BCUT2D eigenvalue weighted by Crippen LogP contribution is -2.34. The number of Topliss-reactive ketones (excluding diaryl/α,β-unsaturated/α-hetero) is 1. The van der Waals surface area contributed by atoms with Crippen molar-refractivity contribution in [2.24, 2.45) is 0 Å². The van der Waals surface area contributed by atoms with Crippen molar-refractivity contribution in [3.63, 3.8) is 0 Å². The van der Waals surface area contributed by atoms with Gasteiger partial charge in [-0.3, -0.25) is 14.4 Å². The molecule has 0 fully saturated rings. The first-order chi connectivity index (χ1) is 15.7. The van der Waals surface area contributed by atoms with Crippen LogP contribution >= 0.6 is 11.6 Å². The zero-order valence-electron chi connectivity index (χ0n) is 18.0. The van der Waals surface area contributed by atoms with Crippen LogP contribution in [0.5, 0.6) is 0 Å². The Kier molecular flexibility index (Phi) is 5.98. The van der Waals surface area contributed by atoms with Gasteiger partial charge in [-0.25, -0.2) is 4.98 Å². The average Bonchev–Trinajstić information content (AvgIpc) is 3.46. The molecule has 12 heteroatoms. The molecule has 4 heterocycles. The van der Waals surface area contributed by atoms with Gasteiger partial charge in [0.05, 0.1) is 22.5 Å². The number of fused-ring (bicyclic) bond motifs is 1. The van der Waals surface area contributed by atoms with Crippen molar-refractivity contribution >= 4 is 34.9 Å². The average molecular weight is 475 g/mol. The standard InChI is InChI=1S/C21H20ClFN6O4/c1-9-7-12(8-24-18(9)23)27-19(31)14-13-5-4-6-29(13)16(15(14)22)17(30)20(32)25-10(2)21-26-11(3)28-33-21/h7-8,10H,4-6H2,1-3H3,(H,25,32)(H,27,31)/t10-/m1/s1. The van der Waals surface area contributed by atoms with Crippen LogP contribution in [0.15, 0.2) is 16.8 Å². The molecule has 1 aliphatic rings. The van der Waals surface area contributed by atoms with E-state index in [9.17, 15) is 18.8 Å². The molecule has 1 atom stereocenters. The van der Waals surface area contributed by atoms with Gasteiger partial charge in [0.1, 0.15) is 11.7 Å². The van der Waals surface area contributed by atoms with E-state index in [1.165, 1.54) is 19.2 Å². The van der Waals surface area contributed by atoms with Gasteiger partial charge in [0, 0.05) is 17.8 Å². The highest BCUT2D eigenvalue weighted by molar-refractivity contribution is 6.48. The molecule has 0 unspecified atom stereocenters. The van der Waals surface area contributed by atoms with Crippen molar-refractivity contribution in [3.05, 3.63) is 57.5 Å². The smallest absolute Gasteiger partial charge is 0.294 e. The van der Waals surface area contributed by atoms with Crippen LogP contribution < -0.4 is 10.6 Å². The fraction of sp³-hybridized carbons (Fsp3) is 0.333. The minimum absolute atomic E-state index is 0.0610. The van der Waals surface area contributed by atoms with Crippen molar-refractivity contribution < 1.29 is 23.3 Å². The molecule has 172 valence electrons. The minimum Gasteiger partial charge on any atom is -0.340 e. The molecule has 0 aliphatic carbocycles. The predicted octanol–water partition coefficient (Wildman–Crippen LogP) is 2.93. The monoisotopic (exact) mass is 474 g/mol. The molecule has 4 rings (SSSR count). The van der Waals surface area contributed by atoms with Gasteiger partial charge in [0.2, 0.25) is 11.8 Å². The number of aryl methyl sites for hydroxylation is 2. The Bertz CT molecular complexity index is 1280. The van der Waals surface area contributed by atoms with Crippen molar-refractivity contribution in [3.8, 4) is 0 Å². The van der Waals surface area contributed by atoms with Crippen LogP contribution in [0, 0.1) is 19.8 Å². The van der Waals surface area contributed by atoms with E-state index >= 15 is 0 Å². The number of carbonyl (C=O) groups is 3. The number of hydrogen-bond donors (Lipinski definition) is 2. The topological polar surface area (TPSA) is 132 Å². The number of amides is 2. The van der Waals surface area contributed by atoms with Crippen molar-refractivity contribution in [1.82, 2.24) is 25.0 Å². The number of pyridine rings is 1. The first-order valence-electron chi connectivity index (χ1n) is 10.2. The number of rotatable bonds is 6. The maximum Gasteiger partial charge on any atom is 0.294 e. The Morgan fingerprint density at radius 2 is 2.06 bits per heavy atom. The fourth-order valence-electron chi connectivity index (χ4n) is 3.74. The molecule has 33 heavy (non-hydrogen) atoms. The van der Waals surface area contributed by atoms with Gasteiger partial charge in [-0.1, -0.05) is 16.8 Å². The van der Waals surface area contributed by atoms with E-state index in [2.05, 4.69) is 25.8 Å². The summed E-state index contributed by atoms with van der Waals surface area (Å²) in [4.78, 5) is 46.3. The number of aromatic nitrogens is 4. The molecule has 3 aromatic rings. The number of nitrogens with zero attached hydrogens (tertiary/aromatic N) is 4. The first-order valence-corrected chi connectivity index (χ1v) is 10.5. The van der Waals surface area contributed by atoms with Gasteiger partial charge in [0.25, 0.3) is 17.6 Å². The molecule has 0 saturated carbocycles. The van der Waals surface area contributed by atoms with E-state index in [4.69, 9.17) is 16.1 Å². The normalized spacial score (nSPS) is 13.5. The number of anilines is 1. The van der Waals surface area contributed by atoms with E-state index in [1.807, 2.05) is 0 Å². The zero-order valence-corrected chi connectivity index (χ0v) is 18.8. The summed E-state index contributed by atoms with van der Waals surface area (Å²) in [7, 11) is 0. The lowest BCUT2D eigenvalue weighted by Gasteiger charge is -2.10. The summed E-state index contributed by atoms with van der Waals surface area (Å²) >= 11 is 6.46. The second-order valence-corrected chi connectivity index (χ2v) is 8.11. The molecule has 0 radical (unpaired) electrons. The van der Waals surface area contributed by atoms with Crippen LogP contribution in [-0.4, -0.2) is 37.3 Å². The van der Waals surface area contributed by atoms with Gasteiger partial charge in [0.15, 0.2) is 5.82 Å². The Labute approximate surface area is 192 Å². The van der Waals surface area contributed by atoms with Crippen LogP contribution in [-0.2, 0) is 17.8 Å². The number of halogens is 2. The lowest BCUT2D eigenvalue weighted by atomic mass is 10.1. The van der Waals surface area contributed by atoms with E-state index in [-0.39, 0.29) is 33.4 Å². The summed E-state index contributed by atoms with van der Waals surface area (Å²) < 4.78 is 20.0. The van der Waals surface area contributed by atoms with Gasteiger partial charge < -0.3 is 19.7 Å². The second-order valence-electron chi connectivity index (χ2n) is 7.73. The molecule has 0 spiro atoms. The third-order valence-corrected chi connectivity index (χ3v) is 5.66. The molecule has 3 aromatic heterocycles. The maximum absolute atomic E-state index is 13.4. The zero-order chi connectivity index (χ0) is 23.9. The largest absolute Gasteiger partial charge is 0.340 e. The molecule has 0 bridgehead atoms. The Morgan fingerprint density at radius 3 is 2.73 bits per heavy atom. The molecule has 10 nitrogen and oxygen atoms in total. The fourth-order valence-corrected chi connectivity index (χ4v) is 4.12. The van der Waals surface area contributed by atoms with E-state index in [0.717, 1.165) is 0 Å². The highest BCUT2D eigenvalue weighted by Gasteiger charge is 2.35. The number of carbonyl (C=O) groups excluding carboxylic acids is 3. The highest BCUT2D eigenvalue weighted by Crippen LogP contribution is 2.34. The molecule has 0 saturated heterocycles. The summed E-state index contributed by atoms with van der Waals surface area (Å²) in [5.74, 6) is -2.47. The first kappa shape index (κ1) is 22.6. The number of ketones is 1. The van der Waals surface area contributed by atoms with Gasteiger partial charge >= 0.3 is 0 Å². The Morgan fingerprint density at radius 1 is 1.30 bits per heavy atom. The molecule has 2 N–H and O–H groups in total. The van der Waals surface area contributed by atoms with Gasteiger partial charge in [-0.15, -0.1) is 0 Å². The summed E-state index contributed by atoms with van der Waals surface area (Å²) in [6.07, 6.45) is 2.38. The van der Waals surface area contributed by atoms with Crippen molar-refractivity contribution in [2.75, 3.05) is 5.32 Å². The molecule has 1 aliphatic heterocycles. The van der Waals surface area contributed by atoms with Gasteiger partial charge in [-0.05, 0) is 39.7 Å². The summed E-state index contributed by atoms with van der Waals surface area (Å²) in [6.45, 7) is 5.19. The van der Waals surface area contributed by atoms with Crippen LogP contribution in [0.2, 0.25) is 5.02 Å². The SMILES string of the molecule is Cc1noc([C@@H](C)NC(=O)C(=O)c2c(Cl)c(C(=O)Nc3cnc(F)c(C)c3)c3n2CCC3)n1. The Balaban J connectivity index is 1.60. The van der Waals surface area contributed by atoms with Gasteiger partial charge in [-0.2, -0.15) is 9.37 Å². The third-order valence-electron chi connectivity index (χ3n) is 5.29. The molecule has 2 amide bonds. The molecule has 0 aromatic carbocycles. The van der Waals surface area contributed by atoms with Crippen LogP contribution in [0.1, 0.15) is 63.2 Å². The van der Waals surface area contributed by atoms with Crippen LogP contribution in [0.4, 0.5) is 10.1 Å². The van der Waals surface area contributed by atoms with E-state index in [0.29, 0.717) is 30.9 Å². The summed E-state index contributed by atoms with van der Waals surface area (Å²) in [6, 6.07) is 0.733. The molecular weight excluding hydrogens is 455 g/mol. The number of hydrogen-bond acceptors (Lipinski definition) is 7. The molecular formula is C21H20ClFN6O4. The van der Waals surface area contributed by atoms with E-state index < -0.39 is 29.6 Å². The van der Waals surface area contributed by atoms with E-state index in [1.54, 1.807) is 18.4 Å². The van der Waals surface area contributed by atoms with Crippen molar-refractivity contribution in [2.45, 2.75) is 46.2 Å². The lowest BCUT2D eigenvalue weighted by molar-refractivity contribution is -0.117. The Hall–Kier alpha value is -3.60. The third kappa shape index (κ3) is 4.23. The van der Waals surface area contributed by atoms with Crippen LogP contribution in [0.3, 0.4) is 0 Å². The second kappa shape index (κ2) is 8.74. The predicted molar refractivity (Wildman–Crippen MR) is 115 cm³/mol. The summed E-state index contributed by atoms with van der Waals surface area (Å²) in [5.41, 5.74) is 1.14. The summed E-state index contributed by atoms with van der Waals surface area (Å²) in [5, 5.41) is 8.69. The maximum atomic E-state index is 13.4.